The molecule has 1 aliphatic carbocycles. The number of phenolic OH excluding ortho intramolecular Hbond substituents is 1. The minimum atomic E-state index is -0.311. The average Bonchev–Trinajstić information content (AvgIpc) is 3.83. The maximum Gasteiger partial charge on any atom is 0.253 e. The van der Waals surface area contributed by atoms with Crippen molar-refractivity contribution in [2.45, 2.75) is 44.9 Å². The summed E-state index contributed by atoms with van der Waals surface area (Å²) in [5, 5.41) is 11.8. The normalized spacial score (nSPS) is 18.7. The number of hydrogen-bond donors (Lipinski definition) is 1. The second kappa shape index (κ2) is 15.7. The molecule has 0 bridgehead atoms. The number of phenols is 1. The monoisotopic (exact) mass is 732 g/mol. The van der Waals surface area contributed by atoms with Gasteiger partial charge in [0.15, 0.2) is 5.76 Å². The van der Waals surface area contributed by atoms with E-state index in [0.29, 0.717) is 62.4 Å². The maximum atomic E-state index is 13.5. The zero-order valence-electron chi connectivity index (χ0n) is 32.0. The van der Waals surface area contributed by atoms with Gasteiger partial charge in [-0.05, 0) is 91.1 Å². The molecule has 0 radical (unpaired) electrons. The van der Waals surface area contributed by atoms with Crippen LogP contribution >= 0.6 is 0 Å². The van der Waals surface area contributed by atoms with Gasteiger partial charge in [-0.25, -0.2) is 0 Å². The van der Waals surface area contributed by atoms with Crippen molar-refractivity contribution < 1.29 is 28.6 Å². The van der Waals surface area contributed by atoms with Crippen LogP contribution in [0, 0.1) is 11.3 Å². The maximum absolute atomic E-state index is 13.5. The van der Waals surface area contributed by atoms with E-state index in [1.165, 1.54) is 16.5 Å². The van der Waals surface area contributed by atoms with Crippen molar-refractivity contribution in [3.8, 4) is 5.75 Å². The van der Waals surface area contributed by atoms with Crippen LogP contribution in [-0.4, -0.2) is 110 Å². The molecule has 3 aromatic rings. The topological polar surface area (TPSA) is 107 Å². The Morgan fingerprint density at radius 1 is 0.870 bits per heavy atom. The summed E-state index contributed by atoms with van der Waals surface area (Å²) in [5.74, 6) is 1.36. The van der Waals surface area contributed by atoms with E-state index in [-0.39, 0.29) is 28.9 Å². The van der Waals surface area contributed by atoms with Crippen LogP contribution < -0.4 is 0 Å². The highest BCUT2D eigenvalue weighted by Crippen LogP contribution is 2.44. The highest BCUT2D eigenvalue weighted by Gasteiger charge is 2.35. The van der Waals surface area contributed by atoms with E-state index in [1.807, 2.05) is 30.0 Å². The van der Waals surface area contributed by atoms with Gasteiger partial charge in [-0.1, -0.05) is 36.4 Å². The van der Waals surface area contributed by atoms with Crippen LogP contribution in [0.3, 0.4) is 0 Å². The standard InChI is InChI=1S/C44H52N4O6/c1-45(2)37(40-26-35-24-31(10-12-39(35)54-40)33-7-5-20-48(28-33)42(51)23-30-14-21-53-22-15-30)27-44(17-18-44)16-13-41(50)47-19-6-8-34(29-47)36-11-9-32(25-38(36)49)43(52)46(3)4/h7-12,17-18,24-27,30,49H,5-6,13-16,19-23,28-29H2,1-4H3/b37-27+. The van der Waals surface area contributed by atoms with E-state index in [9.17, 15) is 19.5 Å². The molecule has 0 unspecified atom stereocenters. The molecule has 4 aliphatic rings. The number of carbonyl (C=O) groups excluding carboxylic acids is 3. The number of hydrogen-bond acceptors (Lipinski definition) is 7. The molecule has 3 amide bonds. The Morgan fingerprint density at radius 3 is 2.26 bits per heavy atom. The number of aromatic hydroxyl groups is 1. The zero-order chi connectivity index (χ0) is 38.0. The summed E-state index contributed by atoms with van der Waals surface area (Å²) < 4.78 is 11.9. The van der Waals surface area contributed by atoms with Gasteiger partial charge in [0.05, 0.1) is 5.70 Å². The van der Waals surface area contributed by atoms with Crippen molar-refractivity contribution >= 4 is 45.5 Å². The number of benzene rings is 2. The van der Waals surface area contributed by atoms with Crippen LogP contribution in [0.5, 0.6) is 5.75 Å². The van der Waals surface area contributed by atoms with E-state index < -0.39 is 0 Å². The molecule has 2 aromatic carbocycles. The Kier molecular flexibility index (Phi) is 10.8. The number of ether oxygens (including phenoxy) is 1. The van der Waals surface area contributed by atoms with Gasteiger partial charge >= 0.3 is 0 Å². The largest absolute Gasteiger partial charge is 0.507 e. The predicted molar refractivity (Wildman–Crippen MR) is 211 cm³/mol. The third-order valence-corrected chi connectivity index (χ3v) is 11.2. The quantitative estimate of drug-likeness (QED) is 0.216. The Hall–Kier alpha value is -5.09. The van der Waals surface area contributed by atoms with Crippen molar-refractivity contribution in [1.82, 2.24) is 19.6 Å². The van der Waals surface area contributed by atoms with Crippen LogP contribution in [0.1, 0.15) is 72.2 Å². The second-order valence-corrected chi connectivity index (χ2v) is 15.6. The lowest BCUT2D eigenvalue weighted by atomic mass is 9.94. The van der Waals surface area contributed by atoms with Gasteiger partial charge in [-0.3, -0.25) is 14.4 Å². The summed E-state index contributed by atoms with van der Waals surface area (Å²) in [6.07, 6.45) is 15.9. The molecule has 7 rings (SSSR count). The van der Waals surface area contributed by atoms with Crippen LogP contribution in [-0.2, 0) is 14.3 Å². The molecule has 0 saturated carbocycles. The fraction of sp³-hybridized carbons (Fsp3) is 0.432. The van der Waals surface area contributed by atoms with Crippen LogP contribution in [0.4, 0.5) is 0 Å². The Morgan fingerprint density at radius 2 is 1.57 bits per heavy atom. The lowest BCUT2D eigenvalue weighted by Crippen LogP contribution is -2.37. The minimum Gasteiger partial charge on any atom is -0.507 e. The first-order valence-electron chi connectivity index (χ1n) is 19.2. The summed E-state index contributed by atoms with van der Waals surface area (Å²) in [6.45, 7) is 3.93. The van der Waals surface area contributed by atoms with Crippen molar-refractivity contribution in [2.75, 3.05) is 67.6 Å². The summed E-state index contributed by atoms with van der Waals surface area (Å²) in [4.78, 5) is 46.5. The number of rotatable bonds is 11. The molecule has 1 N–H and O–H groups in total. The lowest BCUT2D eigenvalue weighted by Gasteiger charge is -2.30. The number of carbonyl (C=O) groups is 3. The molecular formula is C44H52N4O6. The highest BCUT2D eigenvalue weighted by atomic mass is 16.5. The van der Waals surface area contributed by atoms with E-state index >= 15 is 0 Å². The number of amides is 3. The molecule has 10 nitrogen and oxygen atoms in total. The molecule has 10 heteroatoms. The molecular weight excluding hydrogens is 681 g/mol. The Labute approximate surface area is 318 Å². The predicted octanol–water partition coefficient (Wildman–Crippen LogP) is 6.83. The van der Waals surface area contributed by atoms with E-state index in [2.05, 4.69) is 53.5 Å². The van der Waals surface area contributed by atoms with Gasteiger partial charge in [0, 0.05) is 102 Å². The van der Waals surface area contributed by atoms with Crippen LogP contribution in [0.2, 0.25) is 0 Å². The SMILES string of the molecule is CN(C)C(=O)c1ccc(C2=CCCN(C(=O)CCC3(/C=C(\c4cc5cc(C6=CCCN(C(=O)CC7CCOCC7)C6)ccc5o4)N(C)C)C=C3)C2)c(O)c1. The minimum absolute atomic E-state index is 0.0401. The Balaban J connectivity index is 0.991. The van der Waals surface area contributed by atoms with Crippen molar-refractivity contribution in [3.63, 3.8) is 0 Å². The van der Waals surface area contributed by atoms with Crippen LogP contribution in [0.15, 0.2) is 77.3 Å². The fourth-order valence-electron chi connectivity index (χ4n) is 7.81. The highest BCUT2D eigenvalue weighted by molar-refractivity contribution is 5.95. The number of furan rings is 1. The van der Waals surface area contributed by atoms with Crippen molar-refractivity contribution in [3.05, 3.63) is 95.3 Å². The number of allylic oxidation sites excluding steroid dienone is 3. The van der Waals surface area contributed by atoms with Gasteiger partial charge in [0.25, 0.3) is 5.91 Å². The van der Waals surface area contributed by atoms with E-state index in [1.54, 1.807) is 26.2 Å². The molecule has 54 heavy (non-hydrogen) atoms. The van der Waals surface area contributed by atoms with Gasteiger partial charge in [-0.15, -0.1) is 0 Å². The summed E-state index contributed by atoms with van der Waals surface area (Å²) in [6, 6.07) is 13.3. The van der Waals surface area contributed by atoms with E-state index in [4.69, 9.17) is 9.15 Å². The Bertz CT molecular complexity index is 2040. The number of nitrogens with zero attached hydrogens (tertiary/aromatic N) is 4. The molecule has 1 saturated heterocycles. The molecule has 284 valence electrons. The first kappa shape index (κ1) is 37.2. The van der Waals surface area contributed by atoms with Crippen molar-refractivity contribution in [1.29, 1.82) is 0 Å². The second-order valence-electron chi connectivity index (χ2n) is 15.6. The molecule has 1 fully saturated rings. The lowest BCUT2D eigenvalue weighted by molar-refractivity contribution is -0.132. The summed E-state index contributed by atoms with van der Waals surface area (Å²) >= 11 is 0. The number of fused-ring (bicyclic) bond motifs is 1. The first-order chi connectivity index (χ1) is 26.0. The zero-order valence-corrected chi connectivity index (χ0v) is 32.0. The van der Waals surface area contributed by atoms with Crippen molar-refractivity contribution in [2.24, 2.45) is 11.3 Å². The fourth-order valence-corrected chi connectivity index (χ4v) is 7.81. The molecule has 1 aromatic heterocycles. The average molecular weight is 733 g/mol. The smallest absolute Gasteiger partial charge is 0.253 e. The van der Waals surface area contributed by atoms with Gasteiger partial charge in [0.2, 0.25) is 11.8 Å². The van der Waals surface area contributed by atoms with Gasteiger partial charge in [-0.2, -0.15) is 0 Å². The third-order valence-electron chi connectivity index (χ3n) is 11.2. The summed E-state index contributed by atoms with van der Waals surface area (Å²) in [7, 11) is 7.36. The van der Waals surface area contributed by atoms with E-state index in [0.717, 1.165) is 72.6 Å². The molecule has 0 atom stereocenters. The van der Waals surface area contributed by atoms with Crippen LogP contribution in [0.25, 0.3) is 27.8 Å². The summed E-state index contributed by atoms with van der Waals surface area (Å²) in [5.41, 5.74) is 5.67. The van der Waals surface area contributed by atoms with Gasteiger partial charge < -0.3 is 33.9 Å². The third kappa shape index (κ3) is 8.34. The first-order valence-corrected chi connectivity index (χ1v) is 19.2. The molecule has 0 spiro atoms. The van der Waals surface area contributed by atoms with Gasteiger partial charge in [0.1, 0.15) is 11.3 Å². The molecule has 4 heterocycles. The molecule has 3 aliphatic heterocycles.